The summed E-state index contributed by atoms with van der Waals surface area (Å²) in [5, 5.41) is 12.8. The monoisotopic (exact) mass is 468 g/mol. The molecule has 2 aromatic carbocycles. The molecule has 7 heteroatoms. The predicted molar refractivity (Wildman–Crippen MR) is 136 cm³/mol. The first-order chi connectivity index (χ1) is 16.7. The fraction of sp³-hybridized carbons (Fsp3) is 0.222. The van der Waals surface area contributed by atoms with Crippen molar-refractivity contribution in [2.75, 3.05) is 31.1 Å². The van der Waals surface area contributed by atoms with Crippen LogP contribution in [0.4, 0.5) is 5.69 Å². The lowest BCUT2D eigenvalue weighted by atomic mass is 10.1. The fourth-order valence-electron chi connectivity index (χ4n) is 4.62. The van der Waals surface area contributed by atoms with Crippen molar-refractivity contribution in [2.45, 2.75) is 13.0 Å². The van der Waals surface area contributed by atoms with Crippen molar-refractivity contribution < 1.29 is 4.79 Å². The van der Waals surface area contributed by atoms with Gasteiger partial charge in [-0.2, -0.15) is 5.26 Å². The van der Waals surface area contributed by atoms with Crippen molar-refractivity contribution in [3.05, 3.63) is 98.5 Å². The van der Waals surface area contributed by atoms with Crippen molar-refractivity contribution >= 4 is 33.8 Å². The van der Waals surface area contributed by atoms with Crippen LogP contribution in [0, 0.1) is 11.3 Å². The van der Waals surface area contributed by atoms with Crippen LogP contribution in [0.25, 0.3) is 10.9 Å². The van der Waals surface area contributed by atoms with Crippen molar-refractivity contribution in [2.24, 2.45) is 0 Å². The number of nitrogens with zero attached hydrogens (tertiary/aromatic N) is 4. The van der Waals surface area contributed by atoms with Gasteiger partial charge in [-0.15, -0.1) is 11.3 Å². The molecule has 0 bridgehead atoms. The maximum absolute atomic E-state index is 13.5. The molecule has 1 aliphatic heterocycles. The van der Waals surface area contributed by atoms with Crippen LogP contribution in [-0.2, 0) is 13.0 Å². The number of nitriles is 1. The van der Waals surface area contributed by atoms with E-state index in [-0.39, 0.29) is 17.0 Å². The highest BCUT2D eigenvalue weighted by atomic mass is 32.1. The van der Waals surface area contributed by atoms with Crippen LogP contribution in [0.2, 0.25) is 0 Å². The van der Waals surface area contributed by atoms with Gasteiger partial charge in [-0.1, -0.05) is 54.6 Å². The molecule has 1 fully saturated rings. The summed E-state index contributed by atoms with van der Waals surface area (Å²) in [6, 6.07) is 23.8. The molecule has 34 heavy (non-hydrogen) atoms. The summed E-state index contributed by atoms with van der Waals surface area (Å²) in [6.07, 6.45) is 0.707. The average Bonchev–Trinajstić information content (AvgIpc) is 3.43. The zero-order valence-electron chi connectivity index (χ0n) is 18.7. The molecule has 0 N–H and O–H groups in total. The molecule has 2 aromatic heterocycles. The Balaban J connectivity index is 1.47. The van der Waals surface area contributed by atoms with Gasteiger partial charge in [-0.3, -0.25) is 9.59 Å². The maximum atomic E-state index is 13.5. The summed E-state index contributed by atoms with van der Waals surface area (Å²) in [7, 11) is 0. The van der Waals surface area contributed by atoms with E-state index in [0.29, 0.717) is 44.8 Å². The number of hydrogen-bond acceptors (Lipinski definition) is 5. The molecular weight excluding hydrogens is 444 g/mol. The van der Waals surface area contributed by atoms with Gasteiger partial charge in [0, 0.05) is 38.1 Å². The zero-order chi connectivity index (χ0) is 23.5. The van der Waals surface area contributed by atoms with Crippen LogP contribution in [0.15, 0.2) is 76.9 Å². The largest absolute Gasteiger partial charge is 0.366 e. The Kier molecular flexibility index (Phi) is 6.15. The highest BCUT2D eigenvalue weighted by Crippen LogP contribution is 2.30. The van der Waals surface area contributed by atoms with Gasteiger partial charge in [0.1, 0.15) is 11.6 Å². The molecule has 6 nitrogen and oxygen atoms in total. The summed E-state index contributed by atoms with van der Waals surface area (Å²) in [6.45, 7) is 2.74. The van der Waals surface area contributed by atoms with E-state index in [4.69, 9.17) is 0 Å². The van der Waals surface area contributed by atoms with Crippen LogP contribution < -0.4 is 10.5 Å². The molecule has 3 heterocycles. The van der Waals surface area contributed by atoms with E-state index in [9.17, 15) is 14.9 Å². The molecule has 1 aliphatic rings. The molecule has 0 unspecified atom stereocenters. The third kappa shape index (κ3) is 4.09. The molecule has 0 radical (unpaired) electrons. The lowest BCUT2D eigenvalue weighted by molar-refractivity contribution is 0.0751. The minimum absolute atomic E-state index is 0.0383. The van der Waals surface area contributed by atoms with E-state index in [1.165, 1.54) is 11.3 Å². The molecule has 0 saturated carbocycles. The summed E-state index contributed by atoms with van der Waals surface area (Å²) >= 11 is 1.44. The van der Waals surface area contributed by atoms with Gasteiger partial charge < -0.3 is 14.4 Å². The standard InChI is InChI=1S/C27H24N4O2S/c28-19-22-25(29-14-16-30(17-15-29)27(33)24-11-6-18-34-24)21-9-4-5-10-23(21)31(26(22)32)13-12-20-7-2-1-3-8-20/h1-11,18H,12-17H2. The molecule has 0 aliphatic carbocycles. The first-order valence-electron chi connectivity index (χ1n) is 11.3. The molecule has 0 atom stereocenters. The van der Waals surface area contributed by atoms with Crippen LogP contribution in [0.1, 0.15) is 20.8 Å². The Morgan fingerprint density at radius 3 is 2.38 bits per heavy atom. The highest BCUT2D eigenvalue weighted by Gasteiger charge is 2.27. The van der Waals surface area contributed by atoms with Gasteiger partial charge in [0.2, 0.25) is 0 Å². The highest BCUT2D eigenvalue weighted by molar-refractivity contribution is 7.12. The number of carbonyl (C=O) groups excluding carboxylic acids is 1. The summed E-state index contributed by atoms with van der Waals surface area (Å²) < 4.78 is 1.72. The number of hydrogen-bond donors (Lipinski definition) is 0. The summed E-state index contributed by atoms with van der Waals surface area (Å²) in [4.78, 5) is 30.9. The van der Waals surface area contributed by atoms with Crippen LogP contribution in [0.3, 0.4) is 0 Å². The summed E-state index contributed by atoms with van der Waals surface area (Å²) in [5.74, 6) is 0.0383. The van der Waals surface area contributed by atoms with Crippen molar-refractivity contribution in [1.29, 1.82) is 5.26 Å². The van der Waals surface area contributed by atoms with Gasteiger partial charge in [-0.05, 0) is 29.5 Å². The van der Waals surface area contributed by atoms with E-state index in [1.807, 2.05) is 77.0 Å². The van der Waals surface area contributed by atoms with Crippen molar-refractivity contribution in [1.82, 2.24) is 9.47 Å². The number of amides is 1. The number of anilines is 1. The second kappa shape index (κ2) is 9.54. The molecule has 1 saturated heterocycles. The minimum Gasteiger partial charge on any atom is -0.366 e. The van der Waals surface area contributed by atoms with E-state index >= 15 is 0 Å². The van der Waals surface area contributed by atoms with Gasteiger partial charge in [0.05, 0.1) is 16.1 Å². The van der Waals surface area contributed by atoms with E-state index in [2.05, 4.69) is 11.0 Å². The lowest BCUT2D eigenvalue weighted by Gasteiger charge is -2.37. The number of fused-ring (bicyclic) bond motifs is 1. The van der Waals surface area contributed by atoms with Gasteiger partial charge in [-0.25, -0.2) is 0 Å². The molecule has 5 rings (SSSR count). The third-order valence-electron chi connectivity index (χ3n) is 6.34. The average molecular weight is 469 g/mol. The maximum Gasteiger partial charge on any atom is 0.271 e. The normalized spacial score (nSPS) is 13.7. The number of pyridine rings is 1. The number of rotatable bonds is 5. The minimum atomic E-state index is -0.260. The predicted octanol–water partition coefficient (Wildman–Crippen LogP) is 4.14. The van der Waals surface area contributed by atoms with Crippen molar-refractivity contribution in [3.8, 4) is 6.07 Å². The SMILES string of the molecule is N#Cc1c(N2CCN(C(=O)c3cccs3)CC2)c2ccccc2n(CCc2ccccc2)c1=O. The quantitative estimate of drug-likeness (QED) is 0.441. The topological polar surface area (TPSA) is 69.3 Å². The Labute approximate surface area is 201 Å². The Bertz CT molecular complexity index is 1410. The summed E-state index contributed by atoms with van der Waals surface area (Å²) in [5.41, 5.74) is 2.57. The first kappa shape index (κ1) is 21.9. The smallest absolute Gasteiger partial charge is 0.271 e. The van der Waals surface area contributed by atoms with E-state index < -0.39 is 0 Å². The van der Waals surface area contributed by atoms with Crippen LogP contribution in [0.5, 0.6) is 0 Å². The molecule has 170 valence electrons. The number of para-hydroxylation sites is 1. The second-order valence-electron chi connectivity index (χ2n) is 8.30. The number of aromatic nitrogens is 1. The molecule has 4 aromatic rings. The number of aryl methyl sites for hydroxylation is 2. The number of benzene rings is 2. The number of thiophene rings is 1. The fourth-order valence-corrected chi connectivity index (χ4v) is 5.31. The van der Waals surface area contributed by atoms with Crippen LogP contribution in [-0.4, -0.2) is 41.6 Å². The molecule has 1 amide bonds. The zero-order valence-corrected chi connectivity index (χ0v) is 19.5. The van der Waals surface area contributed by atoms with Gasteiger partial charge >= 0.3 is 0 Å². The van der Waals surface area contributed by atoms with E-state index in [1.54, 1.807) is 4.57 Å². The Morgan fingerprint density at radius 1 is 0.941 bits per heavy atom. The number of carbonyl (C=O) groups is 1. The lowest BCUT2D eigenvalue weighted by Crippen LogP contribution is -2.49. The van der Waals surface area contributed by atoms with E-state index in [0.717, 1.165) is 21.3 Å². The molecular formula is C27H24N4O2S. The Hall–Kier alpha value is -3.89. The Morgan fingerprint density at radius 2 is 1.68 bits per heavy atom. The molecule has 0 spiro atoms. The van der Waals surface area contributed by atoms with Gasteiger partial charge in [0.15, 0.2) is 0 Å². The van der Waals surface area contributed by atoms with Crippen molar-refractivity contribution in [3.63, 3.8) is 0 Å². The first-order valence-corrected chi connectivity index (χ1v) is 12.2. The van der Waals surface area contributed by atoms with Crippen LogP contribution >= 0.6 is 11.3 Å². The third-order valence-corrected chi connectivity index (χ3v) is 7.20. The second-order valence-corrected chi connectivity index (χ2v) is 9.25. The van der Waals surface area contributed by atoms with Gasteiger partial charge in [0.25, 0.3) is 11.5 Å². The number of piperazine rings is 1.